The third kappa shape index (κ3) is 5.65. The van der Waals surface area contributed by atoms with Gasteiger partial charge in [-0.15, -0.1) is 11.8 Å². The van der Waals surface area contributed by atoms with Gasteiger partial charge in [0.1, 0.15) is 0 Å². The zero-order valence-corrected chi connectivity index (χ0v) is 13.1. The summed E-state index contributed by atoms with van der Waals surface area (Å²) in [6.07, 6.45) is 6.54. The molecule has 1 fully saturated rings. The van der Waals surface area contributed by atoms with Gasteiger partial charge in [0.05, 0.1) is 11.9 Å². The molecule has 0 aliphatic carbocycles. The maximum atomic E-state index is 12.2. The molecule has 0 bridgehead atoms. The predicted molar refractivity (Wildman–Crippen MR) is 84.2 cm³/mol. The first-order valence-corrected chi connectivity index (χ1v) is 8.40. The molecule has 0 unspecified atom stereocenters. The molecule has 116 valence electrons. The molecule has 2 heterocycles. The molecular formula is C15H23N3O2S. The molecule has 2 N–H and O–H groups in total. The zero-order valence-electron chi connectivity index (χ0n) is 12.2. The van der Waals surface area contributed by atoms with Gasteiger partial charge < -0.3 is 15.4 Å². The Kier molecular flexibility index (Phi) is 6.99. The van der Waals surface area contributed by atoms with Crippen molar-refractivity contribution in [1.82, 2.24) is 9.88 Å². The molecule has 1 aromatic rings. The van der Waals surface area contributed by atoms with Gasteiger partial charge in [0.2, 0.25) is 5.91 Å². The van der Waals surface area contributed by atoms with Gasteiger partial charge in [0.15, 0.2) is 0 Å². The largest absolute Gasteiger partial charge is 0.378 e. The normalized spacial score (nSPS) is 16.1. The van der Waals surface area contributed by atoms with Crippen LogP contribution in [0, 0.1) is 0 Å². The molecule has 0 radical (unpaired) electrons. The van der Waals surface area contributed by atoms with Crippen LogP contribution < -0.4 is 5.73 Å². The third-order valence-electron chi connectivity index (χ3n) is 3.51. The number of nitrogens with zero attached hydrogens (tertiary/aromatic N) is 2. The number of hydrogen-bond acceptors (Lipinski definition) is 5. The van der Waals surface area contributed by atoms with E-state index in [1.165, 1.54) is 0 Å². The number of hydrogen-bond donors (Lipinski definition) is 1. The fourth-order valence-electron chi connectivity index (χ4n) is 2.28. The summed E-state index contributed by atoms with van der Waals surface area (Å²) in [5, 5.41) is 0. The minimum atomic E-state index is 0.206. The first-order valence-electron chi connectivity index (χ1n) is 7.42. The van der Waals surface area contributed by atoms with Crippen LogP contribution in [-0.4, -0.2) is 53.9 Å². The van der Waals surface area contributed by atoms with Gasteiger partial charge in [0, 0.05) is 37.0 Å². The molecule has 1 amide bonds. The van der Waals surface area contributed by atoms with E-state index >= 15 is 0 Å². The number of carbonyl (C=O) groups excluding carboxylic acids is 1. The minimum Gasteiger partial charge on any atom is -0.378 e. The second kappa shape index (κ2) is 9.02. The van der Waals surface area contributed by atoms with Crippen LogP contribution in [0.25, 0.3) is 0 Å². The lowest BCUT2D eigenvalue weighted by atomic mass is 10.1. The van der Waals surface area contributed by atoms with E-state index in [0.717, 1.165) is 43.9 Å². The van der Waals surface area contributed by atoms with Crippen LogP contribution in [0.2, 0.25) is 0 Å². The molecule has 5 nitrogen and oxygen atoms in total. The SMILES string of the molecule is NCCCOC1CCN(C(=O)CSc2ccncc2)CC1. The Labute approximate surface area is 130 Å². The number of likely N-dealkylation sites (tertiary alicyclic amines) is 1. The summed E-state index contributed by atoms with van der Waals surface area (Å²) in [4.78, 5) is 19.2. The Morgan fingerprint density at radius 1 is 1.38 bits per heavy atom. The van der Waals surface area contributed by atoms with Crippen LogP contribution >= 0.6 is 11.8 Å². The van der Waals surface area contributed by atoms with Crippen molar-refractivity contribution in [2.24, 2.45) is 5.73 Å². The van der Waals surface area contributed by atoms with Gasteiger partial charge in [-0.3, -0.25) is 9.78 Å². The van der Waals surface area contributed by atoms with Crippen molar-refractivity contribution in [2.75, 3.05) is 32.0 Å². The Hall–Kier alpha value is -1.11. The van der Waals surface area contributed by atoms with Crippen LogP contribution in [0.5, 0.6) is 0 Å². The first kappa shape index (κ1) is 16.3. The molecule has 21 heavy (non-hydrogen) atoms. The van der Waals surface area contributed by atoms with E-state index < -0.39 is 0 Å². The summed E-state index contributed by atoms with van der Waals surface area (Å²) >= 11 is 1.56. The highest BCUT2D eigenvalue weighted by molar-refractivity contribution is 8.00. The topological polar surface area (TPSA) is 68.5 Å². The molecule has 0 aromatic carbocycles. The maximum Gasteiger partial charge on any atom is 0.232 e. The minimum absolute atomic E-state index is 0.206. The average molecular weight is 309 g/mol. The number of nitrogens with two attached hydrogens (primary N) is 1. The van der Waals surface area contributed by atoms with Crippen LogP contribution in [0.3, 0.4) is 0 Å². The van der Waals surface area contributed by atoms with Gasteiger partial charge in [0.25, 0.3) is 0 Å². The molecular weight excluding hydrogens is 286 g/mol. The van der Waals surface area contributed by atoms with Crippen molar-refractivity contribution < 1.29 is 9.53 Å². The van der Waals surface area contributed by atoms with Gasteiger partial charge in [-0.05, 0) is 37.9 Å². The molecule has 0 saturated carbocycles. The molecule has 1 aromatic heterocycles. The van der Waals surface area contributed by atoms with Crippen LogP contribution in [0.4, 0.5) is 0 Å². The lowest BCUT2D eigenvalue weighted by Crippen LogP contribution is -2.41. The van der Waals surface area contributed by atoms with E-state index in [1.54, 1.807) is 24.2 Å². The molecule has 2 rings (SSSR count). The van der Waals surface area contributed by atoms with Gasteiger partial charge >= 0.3 is 0 Å². The van der Waals surface area contributed by atoms with Crippen LogP contribution in [0.1, 0.15) is 19.3 Å². The lowest BCUT2D eigenvalue weighted by Gasteiger charge is -2.32. The number of piperidine rings is 1. The lowest BCUT2D eigenvalue weighted by molar-refractivity contribution is -0.130. The Bertz CT molecular complexity index is 422. The number of thioether (sulfide) groups is 1. The summed E-state index contributed by atoms with van der Waals surface area (Å²) in [6, 6.07) is 3.85. The smallest absolute Gasteiger partial charge is 0.232 e. The Balaban J connectivity index is 1.66. The predicted octanol–water partition coefficient (Wildman–Crippen LogP) is 1.53. The van der Waals surface area contributed by atoms with E-state index in [9.17, 15) is 4.79 Å². The van der Waals surface area contributed by atoms with E-state index in [4.69, 9.17) is 10.5 Å². The second-order valence-electron chi connectivity index (χ2n) is 5.06. The van der Waals surface area contributed by atoms with Crippen LogP contribution in [0.15, 0.2) is 29.4 Å². The number of amides is 1. The zero-order chi connectivity index (χ0) is 14.9. The van der Waals surface area contributed by atoms with Crippen molar-refractivity contribution in [3.05, 3.63) is 24.5 Å². The standard InChI is InChI=1S/C15H23N3O2S/c16-6-1-11-20-13-4-9-18(10-5-13)15(19)12-21-14-2-7-17-8-3-14/h2-3,7-8,13H,1,4-6,9-12,16H2. The van der Waals surface area contributed by atoms with Gasteiger partial charge in [-0.25, -0.2) is 0 Å². The second-order valence-corrected chi connectivity index (χ2v) is 6.11. The van der Waals surface area contributed by atoms with E-state index in [2.05, 4.69) is 4.98 Å². The van der Waals surface area contributed by atoms with Gasteiger partial charge in [-0.1, -0.05) is 0 Å². The van der Waals surface area contributed by atoms with Crippen molar-refractivity contribution in [1.29, 1.82) is 0 Å². The molecule has 6 heteroatoms. The number of pyridine rings is 1. The highest BCUT2D eigenvalue weighted by Gasteiger charge is 2.22. The quantitative estimate of drug-likeness (QED) is 0.611. The van der Waals surface area contributed by atoms with Crippen molar-refractivity contribution in [2.45, 2.75) is 30.3 Å². The fourth-order valence-corrected chi connectivity index (χ4v) is 3.06. The van der Waals surface area contributed by atoms with E-state index in [1.807, 2.05) is 17.0 Å². The summed E-state index contributed by atoms with van der Waals surface area (Å²) in [7, 11) is 0. The fraction of sp³-hybridized carbons (Fsp3) is 0.600. The molecule has 0 spiro atoms. The third-order valence-corrected chi connectivity index (χ3v) is 4.51. The number of aromatic nitrogens is 1. The summed E-state index contributed by atoms with van der Waals surface area (Å²) in [5.74, 6) is 0.695. The summed E-state index contributed by atoms with van der Waals surface area (Å²) in [5.41, 5.74) is 5.45. The average Bonchev–Trinajstić information content (AvgIpc) is 2.54. The highest BCUT2D eigenvalue weighted by Crippen LogP contribution is 2.19. The Morgan fingerprint density at radius 2 is 2.10 bits per heavy atom. The highest BCUT2D eigenvalue weighted by atomic mass is 32.2. The number of rotatable bonds is 7. The monoisotopic (exact) mass is 309 g/mol. The molecule has 0 atom stereocenters. The number of carbonyl (C=O) groups is 1. The number of ether oxygens (including phenoxy) is 1. The molecule has 1 saturated heterocycles. The van der Waals surface area contributed by atoms with E-state index in [-0.39, 0.29) is 12.0 Å². The van der Waals surface area contributed by atoms with E-state index in [0.29, 0.717) is 12.3 Å². The Morgan fingerprint density at radius 3 is 2.76 bits per heavy atom. The van der Waals surface area contributed by atoms with Crippen molar-refractivity contribution in [3.63, 3.8) is 0 Å². The van der Waals surface area contributed by atoms with Crippen molar-refractivity contribution in [3.8, 4) is 0 Å². The summed E-state index contributed by atoms with van der Waals surface area (Å²) < 4.78 is 5.75. The molecule has 1 aliphatic rings. The maximum absolute atomic E-state index is 12.2. The van der Waals surface area contributed by atoms with Gasteiger partial charge in [-0.2, -0.15) is 0 Å². The molecule has 1 aliphatic heterocycles. The van der Waals surface area contributed by atoms with Crippen molar-refractivity contribution >= 4 is 17.7 Å². The van der Waals surface area contributed by atoms with Crippen LogP contribution in [-0.2, 0) is 9.53 Å². The first-order chi connectivity index (χ1) is 10.3. The summed E-state index contributed by atoms with van der Waals surface area (Å²) in [6.45, 7) is 2.99.